The third kappa shape index (κ3) is 3.52. The van der Waals surface area contributed by atoms with Crippen LogP contribution in [0.5, 0.6) is 0 Å². The van der Waals surface area contributed by atoms with Crippen molar-refractivity contribution < 1.29 is 9.53 Å². The molecule has 0 aliphatic heterocycles. The van der Waals surface area contributed by atoms with Gasteiger partial charge in [-0.05, 0) is 99.2 Å². The number of benzene rings is 1. The van der Waals surface area contributed by atoms with Gasteiger partial charge in [-0.1, -0.05) is 0 Å². The highest BCUT2D eigenvalue weighted by Gasteiger charge is 2.48. The second-order valence-electron chi connectivity index (χ2n) is 7.85. The number of esters is 1. The number of carbonyl (C=O) groups is 1. The SMILES string of the molecule is CCOC(=O)c1ccc(NC(=S)NC2C3CC4CC(C3)CC2C4)cc1. The summed E-state index contributed by atoms with van der Waals surface area (Å²) in [4.78, 5) is 11.7. The molecule has 4 bridgehead atoms. The van der Waals surface area contributed by atoms with Gasteiger partial charge in [-0.25, -0.2) is 4.79 Å². The fraction of sp³-hybridized carbons (Fsp3) is 0.600. The van der Waals surface area contributed by atoms with Gasteiger partial charge in [0.1, 0.15) is 0 Å². The van der Waals surface area contributed by atoms with E-state index < -0.39 is 0 Å². The van der Waals surface area contributed by atoms with Crippen molar-refractivity contribution in [3.05, 3.63) is 29.8 Å². The van der Waals surface area contributed by atoms with Crippen molar-refractivity contribution in [2.45, 2.75) is 45.1 Å². The van der Waals surface area contributed by atoms with Crippen molar-refractivity contribution in [1.29, 1.82) is 0 Å². The summed E-state index contributed by atoms with van der Waals surface area (Å²) in [6, 6.07) is 7.82. The predicted octanol–water partition coefficient (Wildman–Crippen LogP) is 3.97. The molecule has 1 aromatic rings. The zero-order chi connectivity index (χ0) is 17.4. The van der Waals surface area contributed by atoms with Crippen molar-refractivity contribution in [2.24, 2.45) is 23.7 Å². The largest absolute Gasteiger partial charge is 0.462 e. The number of hydrogen-bond acceptors (Lipinski definition) is 3. The van der Waals surface area contributed by atoms with E-state index >= 15 is 0 Å². The summed E-state index contributed by atoms with van der Waals surface area (Å²) >= 11 is 5.55. The summed E-state index contributed by atoms with van der Waals surface area (Å²) in [6.45, 7) is 2.19. The van der Waals surface area contributed by atoms with Crippen LogP contribution in [0.4, 0.5) is 5.69 Å². The molecule has 0 unspecified atom stereocenters. The number of thiocarbonyl (C=S) groups is 1. The molecule has 5 rings (SSSR count). The third-order valence-corrected chi connectivity index (χ3v) is 6.40. The van der Waals surface area contributed by atoms with Gasteiger partial charge in [-0.2, -0.15) is 0 Å². The molecule has 0 aromatic heterocycles. The van der Waals surface area contributed by atoms with Gasteiger partial charge < -0.3 is 15.4 Å². The van der Waals surface area contributed by atoms with Crippen molar-refractivity contribution in [1.82, 2.24) is 5.32 Å². The van der Waals surface area contributed by atoms with E-state index in [0.29, 0.717) is 23.3 Å². The molecule has 5 heteroatoms. The quantitative estimate of drug-likeness (QED) is 0.630. The van der Waals surface area contributed by atoms with Gasteiger partial charge >= 0.3 is 5.97 Å². The summed E-state index contributed by atoms with van der Waals surface area (Å²) in [7, 11) is 0. The second kappa shape index (κ2) is 6.94. The van der Waals surface area contributed by atoms with E-state index in [0.717, 1.165) is 29.4 Å². The predicted molar refractivity (Wildman–Crippen MR) is 103 cm³/mol. The van der Waals surface area contributed by atoms with Gasteiger partial charge in [0.2, 0.25) is 0 Å². The lowest BCUT2D eigenvalue weighted by atomic mass is 9.54. The van der Waals surface area contributed by atoms with Crippen molar-refractivity contribution in [3.8, 4) is 0 Å². The molecule has 4 saturated carbocycles. The maximum Gasteiger partial charge on any atom is 0.338 e. The fourth-order valence-electron chi connectivity index (χ4n) is 5.38. The monoisotopic (exact) mass is 358 g/mol. The normalized spacial score (nSPS) is 32.3. The van der Waals surface area contributed by atoms with Crippen LogP contribution in [0.2, 0.25) is 0 Å². The maximum atomic E-state index is 11.7. The lowest BCUT2D eigenvalue weighted by Gasteiger charge is -2.54. The molecular formula is C20H26N2O2S. The molecule has 25 heavy (non-hydrogen) atoms. The van der Waals surface area contributed by atoms with E-state index in [9.17, 15) is 4.79 Å². The fourth-order valence-corrected chi connectivity index (χ4v) is 5.64. The van der Waals surface area contributed by atoms with Gasteiger partial charge in [0.05, 0.1) is 12.2 Å². The van der Waals surface area contributed by atoms with Crippen LogP contribution in [0.15, 0.2) is 24.3 Å². The first kappa shape index (κ1) is 16.8. The minimum atomic E-state index is -0.289. The van der Waals surface area contributed by atoms with E-state index in [1.54, 1.807) is 12.1 Å². The molecule has 4 nitrogen and oxygen atoms in total. The molecule has 2 N–H and O–H groups in total. The average Bonchev–Trinajstić information content (AvgIpc) is 2.58. The molecule has 4 fully saturated rings. The van der Waals surface area contributed by atoms with E-state index in [4.69, 9.17) is 17.0 Å². The number of rotatable bonds is 4. The molecule has 1 aromatic carbocycles. The highest BCUT2D eigenvalue weighted by molar-refractivity contribution is 7.80. The first-order chi connectivity index (χ1) is 12.1. The number of anilines is 1. The Hall–Kier alpha value is -1.62. The number of nitrogens with one attached hydrogen (secondary N) is 2. The van der Waals surface area contributed by atoms with Gasteiger partial charge in [-0.3, -0.25) is 0 Å². The van der Waals surface area contributed by atoms with Gasteiger partial charge in [-0.15, -0.1) is 0 Å². The summed E-state index contributed by atoms with van der Waals surface area (Å²) in [5.74, 6) is 3.24. The van der Waals surface area contributed by atoms with E-state index in [2.05, 4.69) is 10.6 Å². The first-order valence-corrected chi connectivity index (χ1v) is 9.88. The second-order valence-corrected chi connectivity index (χ2v) is 8.26. The van der Waals surface area contributed by atoms with Crippen LogP contribution < -0.4 is 10.6 Å². The Labute approximate surface area is 154 Å². The van der Waals surface area contributed by atoms with E-state index in [1.165, 1.54) is 32.1 Å². The van der Waals surface area contributed by atoms with Gasteiger partial charge in [0.25, 0.3) is 0 Å². The van der Waals surface area contributed by atoms with Gasteiger partial charge in [0, 0.05) is 11.7 Å². The van der Waals surface area contributed by atoms with Crippen LogP contribution in [-0.2, 0) is 4.74 Å². The topological polar surface area (TPSA) is 50.4 Å². The molecule has 0 heterocycles. The molecule has 0 amide bonds. The Balaban J connectivity index is 1.34. The Morgan fingerprint density at radius 1 is 1.08 bits per heavy atom. The van der Waals surface area contributed by atoms with Crippen molar-refractivity contribution in [3.63, 3.8) is 0 Å². The number of carbonyl (C=O) groups excluding carboxylic acids is 1. The summed E-state index contributed by atoms with van der Waals surface area (Å²) in [5, 5.41) is 7.56. The highest BCUT2D eigenvalue weighted by Crippen LogP contribution is 2.53. The molecule has 4 aliphatic carbocycles. The summed E-state index contributed by atoms with van der Waals surface area (Å²) < 4.78 is 5.01. The van der Waals surface area contributed by atoms with Crippen LogP contribution in [0, 0.1) is 23.7 Å². The van der Waals surface area contributed by atoms with Crippen molar-refractivity contribution >= 4 is 29.0 Å². The Kier molecular flexibility index (Phi) is 4.67. The maximum absolute atomic E-state index is 11.7. The Morgan fingerprint density at radius 2 is 1.68 bits per heavy atom. The standard InChI is InChI=1S/C20H26N2O2S/c1-2-24-19(23)14-3-5-17(6-4-14)21-20(25)22-18-15-8-12-7-13(10-15)11-16(18)9-12/h3-6,12-13,15-16,18H,2,7-11H2,1H3,(H2,21,22,25). The van der Waals surface area contributed by atoms with Crippen LogP contribution in [0.25, 0.3) is 0 Å². The minimum absolute atomic E-state index is 0.289. The first-order valence-electron chi connectivity index (χ1n) is 9.47. The number of ether oxygens (including phenoxy) is 1. The van der Waals surface area contributed by atoms with Crippen LogP contribution in [-0.4, -0.2) is 23.7 Å². The highest BCUT2D eigenvalue weighted by atomic mass is 32.1. The molecule has 0 atom stereocenters. The molecular weight excluding hydrogens is 332 g/mol. The van der Waals surface area contributed by atoms with E-state index in [1.807, 2.05) is 19.1 Å². The average molecular weight is 359 g/mol. The molecule has 0 radical (unpaired) electrons. The minimum Gasteiger partial charge on any atom is -0.462 e. The van der Waals surface area contributed by atoms with Crippen LogP contribution in [0.3, 0.4) is 0 Å². The smallest absolute Gasteiger partial charge is 0.338 e. The third-order valence-electron chi connectivity index (χ3n) is 6.18. The Bertz CT molecular complexity index is 630. The van der Waals surface area contributed by atoms with Crippen LogP contribution >= 0.6 is 12.2 Å². The molecule has 0 spiro atoms. The summed E-state index contributed by atoms with van der Waals surface area (Å²) in [6.07, 6.45) is 6.97. The lowest BCUT2D eigenvalue weighted by molar-refractivity contribution is -0.00665. The number of hydrogen-bond donors (Lipinski definition) is 2. The zero-order valence-corrected chi connectivity index (χ0v) is 15.5. The zero-order valence-electron chi connectivity index (χ0n) is 14.7. The van der Waals surface area contributed by atoms with E-state index in [-0.39, 0.29) is 5.97 Å². The summed E-state index contributed by atoms with van der Waals surface area (Å²) in [5.41, 5.74) is 1.46. The van der Waals surface area contributed by atoms with Crippen molar-refractivity contribution in [2.75, 3.05) is 11.9 Å². The van der Waals surface area contributed by atoms with Gasteiger partial charge in [0.15, 0.2) is 5.11 Å². The lowest BCUT2D eigenvalue weighted by Crippen LogP contribution is -2.56. The molecule has 0 saturated heterocycles. The molecule has 4 aliphatic rings. The van der Waals surface area contributed by atoms with Crippen LogP contribution in [0.1, 0.15) is 49.4 Å². The Morgan fingerprint density at radius 3 is 2.24 bits per heavy atom. The molecule has 134 valence electrons.